The normalized spacial score (nSPS) is 11.8. The third kappa shape index (κ3) is 7.28. The minimum absolute atomic E-state index is 0.325. The molecule has 118 valence electrons. The standard InChI is InChI=1S/C17H21NO4/c1-17(2,3)22-16(21)18-12-6-9-13-7-4-5-8-14(13)10-11-15(19)20/h4-11H,12H2,1-3H3,(H,18,21)(H,19,20)/b9-6?,11-10+. The topological polar surface area (TPSA) is 75.6 Å². The summed E-state index contributed by atoms with van der Waals surface area (Å²) in [4.78, 5) is 22.0. The Morgan fingerprint density at radius 1 is 1.18 bits per heavy atom. The van der Waals surface area contributed by atoms with E-state index in [9.17, 15) is 9.59 Å². The Morgan fingerprint density at radius 3 is 2.32 bits per heavy atom. The molecule has 0 aromatic heterocycles. The molecule has 0 unspecified atom stereocenters. The summed E-state index contributed by atoms with van der Waals surface area (Å²) >= 11 is 0. The summed E-state index contributed by atoms with van der Waals surface area (Å²) in [5.74, 6) is -0.995. The summed E-state index contributed by atoms with van der Waals surface area (Å²) < 4.78 is 5.12. The summed E-state index contributed by atoms with van der Waals surface area (Å²) in [6, 6.07) is 7.38. The fourth-order valence-electron chi connectivity index (χ4n) is 1.62. The van der Waals surface area contributed by atoms with Gasteiger partial charge in [-0.2, -0.15) is 0 Å². The first-order valence-corrected chi connectivity index (χ1v) is 6.91. The Morgan fingerprint density at radius 2 is 1.77 bits per heavy atom. The lowest BCUT2D eigenvalue weighted by Crippen LogP contribution is -2.32. The van der Waals surface area contributed by atoms with Crippen molar-refractivity contribution in [3.63, 3.8) is 0 Å². The third-order valence-corrected chi connectivity index (χ3v) is 2.46. The van der Waals surface area contributed by atoms with Gasteiger partial charge in [0, 0.05) is 12.6 Å². The number of nitrogens with one attached hydrogen (secondary N) is 1. The van der Waals surface area contributed by atoms with Gasteiger partial charge in [-0.15, -0.1) is 0 Å². The first-order valence-electron chi connectivity index (χ1n) is 6.91. The molecule has 0 aliphatic heterocycles. The van der Waals surface area contributed by atoms with Crippen LogP contribution in [0.25, 0.3) is 12.2 Å². The lowest BCUT2D eigenvalue weighted by atomic mass is 10.1. The SMILES string of the molecule is CC(C)(C)OC(=O)NCC=Cc1ccccc1/C=C/C(=O)O. The Hall–Kier alpha value is -2.56. The van der Waals surface area contributed by atoms with Crippen molar-refractivity contribution in [3.8, 4) is 0 Å². The second-order valence-electron chi connectivity index (χ2n) is 5.59. The predicted molar refractivity (Wildman–Crippen MR) is 86.4 cm³/mol. The predicted octanol–water partition coefficient (Wildman–Crippen LogP) is 3.32. The number of amides is 1. The number of ether oxygens (including phenoxy) is 1. The molecule has 5 heteroatoms. The zero-order chi connectivity index (χ0) is 16.6. The van der Waals surface area contributed by atoms with Crippen LogP contribution in [0.4, 0.5) is 4.79 Å². The third-order valence-electron chi connectivity index (χ3n) is 2.46. The Labute approximate surface area is 130 Å². The van der Waals surface area contributed by atoms with Crippen LogP contribution in [0.2, 0.25) is 0 Å². The molecule has 1 aromatic rings. The van der Waals surface area contributed by atoms with Crippen LogP contribution < -0.4 is 5.32 Å². The molecule has 0 fully saturated rings. The lowest BCUT2D eigenvalue weighted by molar-refractivity contribution is -0.131. The van der Waals surface area contributed by atoms with Crippen molar-refractivity contribution in [3.05, 3.63) is 47.5 Å². The molecule has 22 heavy (non-hydrogen) atoms. The molecular weight excluding hydrogens is 282 g/mol. The minimum Gasteiger partial charge on any atom is -0.478 e. The van der Waals surface area contributed by atoms with E-state index < -0.39 is 17.7 Å². The maximum absolute atomic E-state index is 11.5. The van der Waals surface area contributed by atoms with E-state index in [0.717, 1.165) is 17.2 Å². The van der Waals surface area contributed by atoms with Crippen molar-refractivity contribution < 1.29 is 19.4 Å². The Kier molecular flexibility index (Phi) is 6.38. The highest BCUT2D eigenvalue weighted by molar-refractivity contribution is 5.86. The summed E-state index contributed by atoms with van der Waals surface area (Å²) in [5.41, 5.74) is 1.13. The average Bonchev–Trinajstić information content (AvgIpc) is 2.40. The Balaban J connectivity index is 2.60. The number of benzene rings is 1. The number of alkyl carbamates (subject to hydrolysis) is 1. The van der Waals surface area contributed by atoms with E-state index in [4.69, 9.17) is 9.84 Å². The van der Waals surface area contributed by atoms with Crippen LogP contribution in [0.1, 0.15) is 31.9 Å². The van der Waals surface area contributed by atoms with Crippen LogP contribution in [-0.4, -0.2) is 29.3 Å². The number of carboxylic acids is 1. The van der Waals surface area contributed by atoms with E-state index in [1.807, 2.05) is 30.3 Å². The van der Waals surface area contributed by atoms with E-state index in [2.05, 4.69) is 5.32 Å². The quantitative estimate of drug-likeness (QED) is 0.818. The fourth-order valence-corrected chi connectivity index (χ4v) is 1.62. The molecule has 0 aliphatic carbocycles. The fraction of sp³-hybridized carbons (Fsp3) is 0.294. The number of carbonyl (C=O) groups excluding carboxylic acids is 1. The molecule has 0 saturated heterocycles. The lowest BCUT2D eigenvalue weighted by Gasteiger charge is -2.19. The summed E-state index contributed by atoms with van der Waals surface area (Å²) in [6.07, 6.45) is 5.74. The first-order chi connectivity index (χ1) is 10.3. The number of carbonyl (C=O) groups is 2. The van der Waals surface area contributed by atoms with E-state index in [0.29, 0.717) is 6.54 Å². The molecular formula is C17H21NO4. The van der Waals surface area contributed by atoms with Crippen molar-refractivity contribution in [1.29, 1.82) is 0 Å². The van der Waals surface area contributed by atoms with E-state index in [-0.39, 0.29) is 0 Å². The molecule has 5 nitrogen and oxygen atoms in total. The second kappa shape index (κ2) is 8.02. The average molecular weight is 303 g/mol. The molecule has 1 amide bonds. The van der Waals surface area contributed by atoms with Gasteiger partial charge in [0.15, 0.2) is 0 Å². The summed E-state index contributed by atoms with van der Waals surface area (Å²) in [7, 11) is 0. The number of carboxylic acid groups (broad SMARTS) is 1. The van der Waals surface area contributed by atoms with Gasteiger partial charge in [0.2, 0.25) is 0 Å². The van der Waals surface area contributed by atoms with E-state index in [1.54, 1.807) is 26.8 Å². The van der Waals surface area contributed by atoms with Gasteiger partial charge in [-0.1, -0.05) is 36.4 Å². The van der Waals surface area contributed by atoms with Gasteiger partial charge in [0.05, 0.1) is 0 Å². The zero-order valence-electron chi connectivity index (χ0n) is 13.0. The molecule has 2 N–H and O–H groups in total. The highest BCUT2D eigenvalue weighted by atomic mass is 16.6. The highest BCUT2D eigenvalue weighted by Gasteiger charge is 2.14. The minimum atomic E-state index is -0.995. The maximum atomic E-state index is 11.5. The van der Waals surface area contributed by atoms with Gasteiger partial charge >= 0.3 is 12.1 Å². The molecule has 0 atom stereocenters. The van der Waals surface area contributed by atoms with Crippen LogP contribution >= 0.6 is 0 Å². The summed E-state index contributed by atoms with van der Waals surface area (Å²) in [5, 5.41) is 11.3. The number of aliphatic carboxylic acids is 1. The van der Waals surface area contributed by atoms with Crippen LogP contribution in [0.3, 0.4) is 0 Å². The van der Waals surface area contributed by atoms with Crippen LogP contribution in [0.5, 0.6) is 0 Å². The molecule has 0 aliphatic rings. The molecule has 1 rings (SSSR count). The molecule has 0 saturated carbocycles. The van der Waals surface area contributed by atoms with Crippen LogP contribution in [-0.2, 0) is 9.53 Å². The van der Waals surface area contributed by atoms with Crippen molar-refractivity contribution in [2.24, 2.45) is 0 Å². The van der Waals surface area contributed by atoms with E-state index in [1.165, 1.54) is 6.08 Å². The number of rotatable bonds is 5. The summed E-state index contributed by atoms with van der Waals surface area (Å²) in [6.45, 7) is 5.72. The second-order valence-corrected chi connectivity index (χ2v) is 5.59. The Bertz CT molecular complexity index is 583. The number of hydrogen-bond donors (Lipinski definition) is 2. The van der Waals surface area contributed by atoms with E-state index >= 15 is 0 Å². The molecule has 0 bridgehead atoms. The molecule has 0 spiro atoms. The zero-order valence-corrected chi connectivity index (χ0v) is 13.0. The van der Waals surface area contributed by atoms with Crippen molar-refractivity contribution in [2.75, 3.05) is 6.54 Å². The van der Waals surface area contributed by atoms with Gasteiger partial charge in [0.1, 0.15) is 5.60 Å². The van der Waals surface area contributed by atoms with Crippen molar-refractivity contribution in [2.45, 2.75) is 26.4 Å². The smallest absolute Gasteiger partial charge is 0.407 e. The van der Waals surface area contributed by atoms with Gasteiger partial charge < -0.3 is 15.2 Å². The maximum Gasteiger partial charge on any atom is 0.407 e. The van der Waals surface area contributed by atoms with Crippen LogP contribution in [0, 0.1) is 0 Å². The van der Waals surface area contributed by atoms with Crippen molar-refractivity contribution >= 4 is 24.2 Å². The van der Waals surface area contributed by atoms with Crippen molar-refractivity contribution in [1.82, 2.24) is 5.32 Å². The number of hydrogen-bond acceptors (Lipinski definition) is 3. The molecule has 0 radical (unpaired) electrons. The van der Waals surface area contributed by atoms with Gasteiger partial charge in [-0.3, -0.25) is 0 Å². The largest absolute Gasteiger partial charge is 0.478 e. The highest BCUT2D eigenvalue weighted by Crippen LogP contribution is 2.12. The molecule has 0 heterocycles. The van der Waals surface area contributed by atoms with Gasteiger partial charge in [0.25, 0.3) is 0 Å². The first kappa shape index (κ1) is 17.5. The monoisotopic (exact) mass is 303 g/mol. The van der Waals surface area contributed by atoms with Gasteiger partial charge in [-0.25, -0.2) is 9.59 Å². The van der Waals surface area contributed by atoms with Gasteiger partial charge in [-0.05, 0) is 38.0 Å². The molecule has 1 aromatic carbocycles. The van der Waals surface area contributed by atoms with Crippen LogP contribution in [0.15, 0.2) is 36.4 Å².